The van der Waals surface area contributed by atoms with Crippen LogP contribution in [-0.2, 0) is 35.1 Å². The zero-order chi connectivity index (χ0) is 39.2. The molecule has 0 radical (unpaired) electrons. The number of nitrogens with one attached hydrogen (secondary N) is 3. The van der Waals surface area contributed by atoms with E-state index in [1.54, 1.807) is 38.1 Å². The van der Waals surface area contributed by atoms with Gasteiger partial charge >= 0.3 is 12.0 Å². The minimum Gasteiger partial charge on any atom is -0.470 e. The third-order valence-electron chi connectivity index (χ3n) is 11.3. The maximum absolute atomic E-state index is 16.2. The van der Waals surface area contributed by atoms with Gasteiger partial charge in [0.15, 0.2) is 5.69 Å². The number of hydrogen-bond donors (Lipinski definition) is 3. The molecule has 5 aliphatic rings. The summed E-state index contributed by atoms with van der Waals surface area (Å²) < 4.78 is 72.0. The summed E-state index contributed by atoms with van der Waals surface area (Å²) in [6.45, 7) is 2.92. The number of ether oxygens (including phenoxy) is 2. The molecule has 298 valence electrons. The zero-order valence-corrected chi connectivity index (χ0v) is 31.8. The van der Waals surface area contributed by atoms with Crippen molar-refractivity contribution < 1.29 is 45.9 Å². The van der Waals surface area contributed by atoms with Gasteiger partial charge in [-0.05, 0) is 62.7 Å². The average molecular weight is 787 g/mol. The number of nitrogens with zero attached hydrogens (tertiary/aromatic N) is 3. The van der Waals surface area contributed by atoms with Crippen LogP contribution in [0.3, 0.4) is 0 Å². The molecule has 3 N–H and O–H groups in total. The molecular weight excluding hydrogens is 739 g/mol. The summed E-state index contributed by atoms with van der Waals surface area (Å²) in [7, 11) is -3.93. The molecule has 1 unspecified atom stereocenters. The number of sulfonamides is 1. The highest BCUT2D eigenvalue weighted by atomic mass is 32.2. The number of alkyl carbamates (subject to hydrolysis) is 1. The maximum atomic E-state index is 16.2. The van der Waals surface area contributed by atoms with Crippen LogP contribution in [0.15, 0.2) is 36.4 Å². The summed E-state index contributed by atoms with van der Waals surface area (Å²) in [6.07, 6.45) is 5.69. The summed E-state index contributed by atoms with van der Waals surface area (Å²) in [5, 5.41) is 4.89. The van der Waals surface area contributed by atoms with Crippen LogP contribution in [-0.4, -0.2) is 89.7 Å². The minimum atomic E-state index is -3.93. The lowest BCUT2D eigenvalue weighted by Crippen LogP contribution is -2.55. The van der Waals surface area contributed by atoms with Gasteiger partial charge in [-0.3, -0.25) is 19.1 Å². The molecule has 0 spiro atoms. The quantitative estimate of drug-likeness (QED) is 0.381. The molecule has 17 heteroatoms. The van der Waals surface area contributed by atoms with E-state index in [-0.39, 0.29) is 49.5 Å². The van der Waals surface area contributed by atoms with E-state index in [0.29, 0.717) is 38.2 Å². The highest BCUT2D eigenvalue weighted by Crippen LogP contribution is 2.48. The Hall–Kier alpha value is -4.41. The van der Waals surface area contributed by atoms with Crippen LogP contribution >= 0.6 is 0 Å². The Balaban J connectivity index is 1.28. The molecule has 2 aliphatic carbocycles. The Bertz CT molecular complexity index is 1990. The van der Waals surface area contributed by atoms with Crippen molar-refractivity contribution in [3.63, 3.8) is 0 Å². The highest BCUT2D eigenvalue weighted by molar-refractivity contribution is 7.91. The summed E-state index contributed by atoms with van der Waals surface area (Å²) in [6, 6.07) is 5.42. The van der Waals surface area contributed by atoms with Crippen molar-refractivity contribution in [2.24, 2.45) is 17.3 Å². The molecule has 55 heavy (non-hydrogen) atoms. The fourth-order valence-electron chi connectivity index (χ4n) is 7.77. The number of allylic oxidation sites excluding steroid dienone is 2. The molecule has 4 amide bonds. The van der Waals surface area contributed by atoms with Gasteiger partial charge in [-0.2, -0.15) is 8.78 Å². The Morgan fingerprint density at radius 2 is 1.65 bits per heavy atom. The fourth-order valence-corrected chi connectivity index (χ4v) is 9.13. The molecule has 14 nitrogen and oxygen atoms in total. The largest absolute Gasteiger partial charge is 0.470 e. The number of rotatable bonds is 3. The first-order valence-electron chi connectivity index (χ1n) is 19.2. The third-order valence-corrected chi connectivity index (χ3v) is 13.1. The first-order chi connectivity index (χ1) is 26.1. The average Bonchev–Trinajstić information content (AvgIpc) is 4.05. The van der Waals surface area contributed by atoms with Crippen molar-refractivity contribution in [2.75, 3.05) is 19.7 Å². The molecule has 4 bridgehead atoms. The van der Waals surface area contributed by atoms with Crippen LogP contribution in [0.4, 0.5) is 13.6 Å². The molecule has 1 aromatic heterocycles. The first-order valence-corrected chi connectivity index (χ1v) is 20.7. The Morgan fingerprint density at radius 3 is 2.38 bits per heavy atom. The number of halogens is 2. The van der Waals surface area contributed by atoms with Gasteiger partial charge in [0.1, 0.15) is 17.7 Å². The minimum absolute atomic E-state index is 0.104. The third kappa shape index (κ3) is 8.55. The van der Waals surface area contributed by atoms with Gasteiger partial charge in [-0.1, -0.05) is 64.2 Å². The predicted molar refractivity (Wildman–Crippen MR) is 195 cm³/mol. The molecular formula is C38H48F2N6O8S. The van der Waals surface area contributed by atoms with E-state index in [9.17, 15) is 27.6 Å². The number of para-hydroxylation sites is 2. The standard InChI is InChI=1S/C38H48F2N6O8S/c1-36(2)17-10-18-38(39,40)30-32(42-27-13-9-8-12-26(27)41-30)54-29-21-46-20-25(29)31(47)44-37(34(49)45-55(51,52)24-15-16-24)19-23(37)11-6-4-3-5-7-14-28(33(46)48)43-35(50)53-22-36/h8-10,12-13,18,23-25,28-29H,3-7,11,14-17,19-22H2,1-2H3,(H,43,50)(H,44,47)(H,45,49)/b18-10+/t23-,25?,28+,29+,37-/m1/s1. The zero-order valence-electron chi connectivity index (χ0n) is 31.0. The molecule has 2 saturated carbocycles. The second-order valence-corrected chi connectivity index (χ2v) is 18.4. The van der Waals surface area contributed by atoms with Crippen molar-refractivity contribution in [3.8, 4) is 5.88 Å². The number of hydrogen-bond acceptors (Lipinski definition) is 10. The second kappa shape index (κ2) is 14.9. The monoisotopic (exact) mass is 786 g/mol. The van der Waals surface area contributed by atoms with Crippen molar-refractivity contribution in [2.45, 2.75) is 113 Å². The molecule has 3 aliphatic heterocycles. The molecule has 4 fully saturated rings. The van der Waals surface area contributed by atoms with E-state index in [1.807, 2.05) is 0 Å². The van der Waals surface area contributed by atoms with E-state index in [2.05, 4.69) is 25.3 Å². The number of carbonyl (C=O) groups is 4. The summed E-state index contributed by atoms with van der Waals surface area (Å²) in [4.78, 5) is 65.5. The summed E-state index contributed by atoms with van der Waals surface area (Å²) in [5.41, 5.74) is -2.59. The van der Waals surface area contributed by atoms with Crippen LogP contribution in [0.5, 0.6) is 5.88 Å². The van der Waals surface area contributed by atoms with Gasteiger partial charge < -0.3 is 25.0 Å². The Kier molecular flexibility index (Phi) is 10.5. The second-order valence-electron chi connectivity index (χ2n) is 16.4. The van der Waals surface area contributed by atoms with Gasteiger partial charge in [0.2, 0.25) is 27.7 Å². The Morgan fingerprint density at radius 1 is 0.964 bits per heavy atom. The van der Waals surface area contributed by atoms with Gasteiger partial charge in [0.05, 0.1) is 35.4 Å². The van der Waals surface area contributed by atoms with E-state index >= 15 is 8.78 Å². The number of cyclic esters (lactones) is 1. The number of alkyl halides is 2. The SMILES string of the molecule is CC1(C)C/C=C/C(F)(F)c2nc3ccccc3nc2O[C@H]2CN3CC2C(=O)N[C@]2(C(=O)NS(=O)(=O)C4CC4)C[C@H]2CCCCCCC[C@H](NC(=O)OC1)C3=O. The van der Waals surface area contributed by atoms with Crippen LogP contribution in [0, 0.1) is 17.3 Å². The van der Waals surface area contributed by atoms with Gasteiger partial charge in [0, 0.05) is 12.0 Å². The van der Waals surface area contributed by atoms with E-state index in [1.165, 1.54) is 11.0 Å². The lowest BCUT2D eigenvalue weighted by molar-refractivity contribution is -0.134. The van der Waals surface area contributed by atoms with Crippen molar-refractivity contribution in [1.82, 2.24) is 30.2 Å². The van der Waals surface area contributed by atoms with Crippen LogP contribution in [0.2, 0.25) is 0 Å². The summed E-state index contributed by atoms with van der Waals surface area (Å²) >= 11 is 0. The van der Waals surface area contributed by atoms with Crippen LogP contribution in [0.1, 0.15) is 90.2 Å². The number of benzene rings is 1. The van der Waals surface area contributed by atoms with Crippen molar-refractivity contribution in [3.05, 3.63) is 42.1 Å². The van der Waals surface area contributed by atoms with Crippen molar-refractivity contribution >= 4 is 44.9 Å². The van der Waals surface area contributed by atoms with Gasteiger partial charge in [-0.25, -0.2) is 23.2 Å². The first kappa shape index (κ1) is 38.8. The van der Waals surface area contributed by atoms with Gasteiger partial charge in [0.25, 0.3) is 5.91 Å². The van der Waals surface area contributed by atoms with E-state index < -0.39 is 85.6 Å². The normalized spacial score (nSPS) is 30.8. The van der Waals surface area contributed by atoms with Crippen LogP contribution < -0.4 is 20.1 Å². The molecule has 1 aromatic carbocycles. The fraction of sp³-hybridized carbons (Fsp3) is 0.632. The smallest absolute Gasteiger partial charge is 0.407 e. The topological polar surface area (TPSA) is 186 Å². The summed E-state index contributed by atoms with van der Waals surface area (Å²) in [5.74, 6) is -7.81. The number of amides is 4. The molecule has 7 rings (SSSR count). The highest BCUT2D eigenvalue weighted by Gasteiger charge is 2.62. The molecule has 2 aromatic rings. The Labute approximate surface area is 318 Å². The van der Waals surface area contributed by atoms with Crippen LogP contribution in [0.25, 0.3) is 11.0 Å². The van der Waals surface area contributed by atoms with E-state index in [4.69, 9.17) is 9.47 Å². The number of fused-ring (bicyclic) bond motifs is 7. The maximum Gasteiger partial charge on any atom is 0.407 e. The van der Waals surface area contributed by atoms with Crippen molar-refractivity contribution in [1.29, 1.82) is 0 Å². The molecule has 2 saturated heterocycles. The van der Waals surface area contributed by atoms with Gasteiger partial charge in [-0.15, -0.1) is 0 Å². The molecule has 5 atom stereocenters. The lowest BCUT2D eigenvalue weighted by atomic mass is 9.90. The van der Waals surface area contributed by atoms with E-state index in [0.717, 1.165) is 25.7 Å². The number of carbonyl (C=O) groups excluding carboxylic acids is 4. The number of aromatic nitrogens is 2. The predicted octanol–water partition coefficient (Wildman–Crippen LogP) is 4.24. The molecule has 4 heterocycles. The lowest BCUT2D eigenvalue weighted by Gasteiger charge is -2.26.